The van der Waals surface area contributed by atoms with E-state index in [2.05, 4.69) is 10.3 Å². The number of hydrogen-bond donors (Lipinski definition) is 1. The Morgan fingerprint density at radius 3 is 2.46 bits per heavy atom. The molecule has 0 spiro atoms. The molecule has 1 amide bonds. The van der Waals surface area contributed by atoms with Crippen LogP contribution in [0.1, 0.15) is 41.6 Å². The standard InChI is InChI=1S/C16H18FN3O4S2/c1-4-20(5-2)26(23,24)14-8-11(6-7-12(14)17)15(22)19-16-18-13(9-25-16)10(3)21/h6-9H,4-5H2,1-3H3,(H,18,19,22). The molecule has 0 aliphatic rings. The number of thiazole rings is 1. The Balaban J connectivity index is 2.33. The highest BCUT2D eigenvalue weighted by atomic mass is 32.2. The van der Waals surface area contributed by atoms with Gasteiger partial charge in [-0.25, -0.2) is 17.8 Å². The zero-order valence-corrected chi connectivity index (χ0v) is 16.1. The highest BCUT2D eigenvalue weighted by molar-refractivity contribution is 7.89. The first-order chi connectivity index (χ1) is 12.2. The van der Waals surface area contributed by atoms with E-state index in [0.29, 0.717) is 0 Å². The molecule has 0 saturated heterocycles. The minimum absolute atomic E-state index is 0.0308. The van der Waals surface area contributed by atoms with Crippen molar-refractivity contribution in [2.45, 2.75) is 25.7 Å². The van der Waals surface area contributed by atoms with Crippen LogP contribution in [-0.4, -0.2) is 42.5 Å². The molecule has 1 heterocycles. The fraction of sp³-hybridized carbons (Fsp3) is 0.312. The van der Waals surface area contributed by atoms with Crippen molar-refractivity contribution in [2.24, 2.45) is 0 Å². The number of rotatable bonds is 7. The molecule has 140 valence electrons. The zero-order valence-electron chi connectivity index (χ0n) is 14.4. The van der Waals surface area contributed by atoms with Crippen molar-refractivity contribution in [2.75, 3.05) is 18.4 Å². The van der Waals surface area contributed by atoms with Crippen molar-refractivity contribution in [1.29, 1.82) is 0 Å². The quantitative estimate of drug-likeness (QED) is 0.722. The van der Waals surface area contributed by atoms with Crippen molar-refractivity contribution < 1.29 is 22.4 Å². The molecule has 1 aromatic carbocycles. The predicted molar refractivity (Wildman–Crippen MR) is 96.6 cm³/mol. The van der Waals surface area contributed by atoms with Crippen LogP contribution in [0.4, 0.5) is 9.52 Å². The molecule has 2 rings (SSSR count). The van der Waals surface area contributed by atoms with Gasteiger partial charge < -0.3 is 0 Å². The number of benzene rings is 1. The number of halogens is 1. The van der Waals surface area contributed by atoms with Crippen LogP contribution >= 0.6 is 11.3 Å². The highest BCUT2D eigenvalue weighted by Gasteiger charge is 2.26. The molecule has 7 nitrogen and oxygen atoms in total. The van der Waals surface area contributed by atoms with Crippen LogP contribution in [0, 0.1) is 5.82 Å². The lowest BCUT2D eigenvalue weighted by Crippen LogP contribution is -2.31. The largest absolute Gasteiger partial charge is 0.298 e. The van der Waals surface area contributed by atoms with Crippen LogP contribution in [0.2, 0.25) is 0 Å². The van der Waals surface area contributed by atoms with Crippen molar-refractivity contribution in [1.82, 2.24) is 9.29 Å². The number of nitrogens with zero attached hydrogens (tertiary/aromatic N) is 2. The van der Waals surface area contributed by atoms with Gasteiger partial charge in [0.1, 0.15) is 16.4 Å². The Kier molecular flexibility index (Phi) is 6.21. The fourth-order valence-electron chi connectivity index (χ4n) is 2.21. The Labute approximate surface area is 154 Å². The molecule has 0 radical (unpaired) electrons. The second-order valence-corrected chi connectivity index (χ2v) is 8.05. The van der Waals surface area contributed by atoms with Crippen LogP contribution in [0.25, 0.3) is 0 Å². The lowest BCUT2D eigenvalue weighted by Gasteiger charge is -2.19. The van der Waals surface area contributed by atoms with Crippen LogP contribution < -0.4 is 5.32 Å². The van der Waals surface area contributed by atoms with Gasteiger partial charge in [0, 0.05) is 31.0 Å². The smallest absolute Gasteiger partial charge is 0.257 e. The molecule has 2 aromatic rings. The molecule has 10 heteroatoms. The Bertz CT molecular complexity index is 937. The number of aromatic nitrogens is 1. The zero-order chi connectivity index (χ0) is 19.5. The number of Topliss-reactive ketones (excluding diaryl/α,β-unsaturated/α-hetero) is 1. The molecule has 0 bridgehead atoms. The van der Waals surface area contributed by atoms with Gasteiger partial charge in [-0.3, -0.25) is 14.9 Å². The second kappa shape index (κ2) is 8.02. The van der Waals surface area contributed by atoms with Gasteiger partial charge in [-0.1, -0.05) is 13.8 Å². The van der Waals surface area contributed by atoms with E-state index < -0.39 is 26.6 Å². The number of carbonyl (C=O) groups is 2. The van der Waals surface area contributed by atoms with Crippen molar-refractivity contribution in [3.63, 3.8) is 0 Å². The van der Waals surface area contributed by atoms with Gasteiger partial charge in [-0.2, -0.15) is 4.31 Å². The minimum atomic E-state index is -4.05. The molecule has 0 unspecified atom stereocenters. The van der Waals surface area contributed by atoms with E-state index >= 15 is 0 Å². The van der Waals surface area contributed by atoms with Crippen LogP contribution in [0.15, 0.2) is 28.5 Å². The SMILES string of the molecule is CCN(CC)S(=O)(=O)c1cc(C(=O)Nc2nc(C(C)=O)cs2)ccc1F. The van der Waals surface area contributed by atoms with Gasteiger partial charge in [0.2, 0.25) is 10.0 Å². The summed E-state index contributed by atoms with van der Waals surface area (Å²) in [5.74, 6) is -1.82. The molecule has 0 aliphatic carbocycles. The third-order valence-corrected chi connectivity index (χ3v) is 6.42. The molecule has 1 N–H and O–H groups in total. The summed E-state index contributed by atoms with van der Waals surface area (Å²) >= 11 is 1.06. The summed E-state index contributed by atoms with van der Waals surface area (Å²) in [7, 11) is -4.05. The minimum Gasteiger partial charge on any atom is -0.298 e. The van der Waals surface area contributed by atoms with Crippen LogP contribution in [0.5, 0.6) is 0 Å². The number of amides is 1. The Morgan fingerprint density at radius 1 is 1.27 bits per heavy atom. The highest BCUT2D eigenvalue weighted by Crippen LogP contribution is 2.22. The summed E-state index contributed by atoms with van der Waals surface area (Å²) in [4.78, 5) is 27.0. The average molecular weight is 399 g/mol. The monoisotopic (exact) mass is 399 g/mol. The summed E-state index contributed by atoms with van der Waals surface area (Å²) in [6, 6.07) is 3.12. The summed E-state index contributed by atoms with van der Waals surface area (Å²) in [6.07, 6.45) is 0. The number of carbonyl (C=O) groups excluding carboxylic acids is 2. The topological polar surface area (TPSA) is 96.4 Å². The maximum atomic E-state index is 14.1. The second-order valence-electron chi connectivity index (χ2n) is 5.28. The number of nitrogens with one attached hydrogen (secondary N) is 1. The number of hydrogen-bond acceptors (Lipinski definition) is 6. The third-order valence-electron chi connectivity index (χ3n) is 3.60. The molecular weight excluding hydrogens is 381 g/mol. The van der Waals surface area contributed by atoms with E-state index in [1.165, 1.54) is 18.4 Å². The number of ketones is 1. The van der Waals surface area contributed by atoms with Gasteiger partial charge in [-0.15, -0.1) is 11.3 Å². The average Bonchev–Trinajstić information content (AvgIpc) is 3.04. The van der Waals surface area contributed by atoms with Gasteiger partial charge in [0.15, 0.2) is 10.9 Å². The fourth-order valence-corrected chi connectivity index (χ4v) is 4.50. The molecule has 0 aliphatic heterocycles. The van der Waals surface area contributed by atoms with Crippen LogP contribution in [-0.2, 0) is 10.0 Å². The molecule has 1 aromatic heterocycles. The maximum absolute atomic E-state index is 14.1. The van der Waals surface area contributed by atoms with E-state index in [-0.39, 0.29) is 35.3 Å². The van der Waals surface area contributed by atoms with E-state index in [9.17, 15) is 22.4 Å². The van der Waals surface area contributed by atoms with E-state index in [1.807, 2.05) is 0 Å². The van der Waals surface area contributed by atoms with E-state index in [1.54, 1.807) is 13.8 Å². The summed E-state index contributed by atoms with van der Waals surface area (Å²) in [6.45, 7) is 5.00. The molecule has 0 saturated carbocycles. The first-order valence-corrected chi connectivity index (χ1v) is 10.1. The molecular formula is C16H18FN3O4S2. The Morgan fingerprint density at radius 2 is 1.92 bits per heavy atom. The maximum Gasteiger partial charge on any atom is 0.257 e. The summed E-state index contributed by atoms with van der Waals surface area (Å²) in [5.41, 5.74) is 0.186. The third kappa shape index (κ3) is 4.14. The first kappa shape index (κ1) is 20.1. The summed E-state index contributed by atoms with van der Waals surface area (Å²) in [5, 5.41) is 4.17. The molecule has 26 heavy (non-hydrogen) atoms. The molecule has 0 fully saturated rings. The lowest BCUT2D eigenvalue weighted by atomic mass is 10.2. The lowest BCUT2D eigenvalue weighted by molar-refractivity contribution is 0.100. The molecule has 0 atom stereocenters. The van der Waals surface area contributed by atoms with Gasteiger partial charge >= 0.3 is 0 Å². The van der Waals surface area contributed by atoms with E-state index in [4.69, 9.17) is 0 Å². The number of anilines is 1. The Hall–Kier alpha value is -2.17. The normalized spacial score (nSPS) is 11.6. The van der Waals surface area contributed by atoms with Crippen molar-refractivity contribution >= 4 is 38.2 Å². The number of sulfonamides is 1. The predicted octanol–water partition coefficient (Wildman–Crippen LogP) is 2.77. The summed E-state index contributed by atoms with van der Waals surface area (Å²) < 4.78 is 40.3. The van der Waals surface area contributed by atoms with Gasteiger partial charge in [0.25, 0.3) is 5.91 Å². The van der Waals surface area contributed by atoms with E-state index in [0.717, 1.165) is 27.8 Å². The van der Waals surface area contributed by atoms with Gasteiger partial charge in [0.05, 0.1) is 0 Å². The van der Waals surface area contributed by atoms with Gasteiger partial charge in [-0.05, 0) is 18.2 Å². The van der Waals surface area contributed by atoms with Crippen molar-refractivity contribution in [3.8, 4) is 0 Å². The van der Waals surface area contributed by atoms with Crippen molar-refractivity contribution in [3.05, 3.63) is 40.7 Å². The first-order valence-electron chi connectivity index (χ1n) is 7.78. The van der Waals surface area contributed by atoms with Crippen LogP contribution in [0.3, 0.4) is 0 Å².